The Kier molecular flexibility index (Phi) is 3.36. The van der Waals surface area contributed by atoms with E-state index < -0.39 is 35.9 Å². The monoisotopic (exact) mass is 258 g/mol. The molecule has 0 saturated carbocycles. The summed E-state index contributed by atoms with van der Waals surface area (Å²) in [6.07, 6.45) is -3.13. The van der Waals surface area contributed by atoms with Crippen LogP contribution >= 0.6 is 0 Å². The van der Waals surface area contributed by atoms with Crippen LogP contribution in [0.4, 0.5) is 4.39 Å². The molecule has 0 bridgehead atoms. The second-order valence-corrected chi connectivity index (χ2v) is 4.39. The van der Waals surface area contributed by atoms with Crippen molar-refractivity contribution in [3.8, 4) is 0 Å². The number of ether oxygens (including phenoxy) is 1. The number of aliphatic hydroxyl groups excluding tert-OH is 1. The SMILES string of the molecule is CC[C@H]1O[C@@H](n2cc(C)c(=O)[nH]c2=O)[C@@H](F)[C@@H]1O. The number of rotatable bonds is 2. The average Bonchev–Trinajstić information content (AvgIpc) is 2.61. The van der Waals surface area contributed by atoms with E-state index in [1.54, 1.807) is 6.92 Å². The molecule has 0 radical (unpaired) electrons. The number of halogens is 1. The lowest BCUT2D eigenvalue weighted by atomic mass is 10.1. The number of alkyl halides is 1. The van der Waals surface area contributed by atoms with Gasteiger partial charge < -0.3 is 9.84 Å². The van der Waals surface area contributed by atoms with Gasteiger partial charge in [0.05, 0.1) is 6.10 Å². The first-order valence-electron chi connectivity index (χ1n) is 5.75. The molecule has 1 saturated heterocycles. The van der Waals surface area contributed by atoms with Crippen molar-refractivity contribution in [3.63, 3.8) is 0 Å². The highest BCUT2D eigenvalue weighted by Gasteiger charge is 2.44. The highest BCUT2D eigenvalue weighted by Crippen LogP contribution is 2.32. The molecule has 0 aliphatic carbocycles. The minimum atomic E-state index is -1.70. The number of aromatic nitrogens is 2. The van der Waals surface area contributed by atoms with Crippen molar-refractivity contribution in [1.82, 2.24) is 9.55 Å². The summed E-state index contributed by atoms with van der Waals surface area (Å²) < 4.78 is 20.2. The fourth-order valence-corrected chi connectivity index (χ4v) is 2.04. The fraction of sp³-hybridized carbons (Fsp3) is 0.636. The quantitative estimate of drug-likeness (QED) is 0.772. The number of hydrogen-bond donors (Lipinski definition) is 2. The van der Waals surface area contributed by atoms with Gasteiger partial charge in [-0.15, -0.1) is 0 Å². The van der Waals surface area contributed by atoms with Crippen molar-refractivity contribution in [2.45, 2.75) is 44.9 Å². The molecule has 7 heteroatoms. The van der Waals surface area contributed by atoms with Gasteiger partial charge in [0, 0.05) is 11.8 Å². The first-order valence-corrected chi connectivity index (χ1v) is 5.75. The third kappa shape index (κ3) is 1.99. The third-order valence-electron chi connectivity index (χ3n) is 3.12. The van der Waals surface area contributed by atoms with E-state index in [-0.39, 0.29) is 5.56 Å². The number of aliphatic hydroxyl groups is 1. The lowest BCUT2D eigenvalue weighted by molar-refractivity contribution is -0.0281. The zero-order valence-electron chi connectivity index (χ0n) is 10.1. The van der Waals surface area contributed by atoms with E-state index in [4.69, 9.17) is 4.74 Å². The molecule has 18 heavy (non-hydrogen) atoms. The van der Waals surface area contributed by atoms with E-state index >= 15 is 0 Å². The summed E-state index contributed by atoms with van der Waals surface area (Å²) in [6, 6.07) is 0. The predicted octanol–water partition coefficient (Wildman–Crippen LogP) is -0.149. The molecule has 1 aromatic heterocycles. The van der Waals surface area contributed by atoms with E-state index in [1.165, 1.54) is 13.1 Å². The topological polar surface area (TPSA) is 84.3 Å². The molecular formula is C11H15FN2O4. The molecule has 2 rings (SSSR count). The van der Waals surface area contributed by atoms with Gasteiger partial charge in [-0.25, -0.2) is 9.18 Å². The van der Waals surface area contributed by atoms with E-state index in [0.717, 1.165) is 4.57 Å². The molecule has 0 amide bonds. The summed E-state index contributed by atoms with van der Waals surface area (Å²) >= 11 is 0. The van der Waals surface area contributed by atoms with Gasteiger partial charge in [-0.2, -0.15) is 0 Å². The molecule has 2 heterocycles. The number of hydrogen-bond acceptors (Lipinski definition) is 4. The average molecular weight is 258 g/mol. The van der Waals surface area contributed by atoms with Crippen LogP contribution in [0.15, 0.2) is 15.8 Å². The Labute approximate surface area is 102 Å². The molecule has 1 aromatic rings. The van der Waals surface area contributed by atoms with Crippen molar-refractivity contribution in [2.75, 3.05) is 0 Å². The summed E-state index contributed by atoms with van der Waals surface area (Å²) in [5.41, 5.74) is -0.987. The molecular weight excluding hydrogens is 243 g/mol. The van der Waals surface area contributed by atoms with Crippen LogP contribution in [0.1, 0.15) is 25.1 Å². The number of nitrogens with one attached hydrogen (secondary N) is 1. The van der Waals surface area contributed by atoms with Crippen LogP contribution in [-0.4, -0.2) is 33.0 Å². The van der Waals surface area contributed by atoms with E-state index in [9.17, 15) is 19.1 Å². The minimum Gasteiger partial charge on any atom is -0.387 e. The lowest BCUT2D eigenvalue weighted by Gasteiger charge is -2.16. The summed E-state index contributed by atoms with van der Waals surface area (Å²) in [6.45, 7) is 3.26. The van der Waals surface area contributed by atoms with Crippen LogP contribution in [0, 0.1) is 6.92 Å². The number of nitrogens with zero attached hydrogens (tertiary/aromatic N) is 1. The molecule has 1 fully saturated rings. The molecule has 1 aliphatic rings. The highest BCUT2D eigenvalue weighted by atomic mass is 19.1. The number of H-pyrrole nitrogens is 1. The zero-order valence-corrected chi connectivity index (χ0v) is 10.1. The van der Waals surface area contributed by atoms with Crippen molar-refractivity contribution in [1.29, 1.82) is 0 Å². The Morgan fingerprint density at radius 1 is 1.56 bits per heavy atom. The van der Waals surface area contributed by atoms with E-state index in [2.05, 4.69) is 4.98 Å². The van der Waals surface area contributed by atoms with Crippen molar-refractivity contribution in [2.24, 2.45) is 0 Å². The molecule has 0 spiro atoms. The Bertz CT molecular complexity index is 553. The molecule has 1 aliphatic heterocycles. The smallest absolute Gasteiger partial charge is 0.330 e. The number of aryl methyl sites for hydroxylation is 1. The summed E-state index contributed by atoms with van der Waals surface area (Å²) in [4.78, 5) is 24.9. The van der Waals surface area contributed by atoms with E-state index in [1.807, 2.05) is 0 Å². The molecule has 2 N–H and O–H groups in total. The van der Waals surface area contributed by atoms with Gasteiger partial charge in [-0.3, -0.25) is 14.3 Å². The van der Waals surface area contributed by atoms with Gasteiger partial charge in [0.15, 0.2) is 12.4 Å². The maximum absolute atomic E-state index is 13.9. The van der Waals surface area contributed by atoms with Crippen LogP contribution < -0.4 is 11.2 Å². The summed E-state index contributed by atoms with van der Waals surface area (Å²) in [7, 11) is 0. The minimum absolute atomic E-state index is 0.278. The van der Waals surface area contributed by atoms with Gasteiger partial charge in [-0.05, 0) is 13.3 Å². The Hall–Kier alpha value is -1.47. The maximum atomic E-state index is 13.9. The van der Waals surface area contributed by atoms with Gasteiger partial charge in [-0.1, -0.05) is 6.92 Å². The Balaban J connectivity index is 2.42. The maximum Gasteiger partial charge on any atom is 0.330 e. The van der Waals surface area contributed by atoms with E-state index in [0.29, 0.717) is 6.42 Å². The Morgan fingerprint density at radius 3 is 2.78 bits per heavy atom. The van der Waals surface area contributed by atoms with Crippen molar-refractivity contribution >= 4 is 0 Å². The standard InChI is InChI=1S/C11H15FN2O4/c1-3-6-8(15)7(12)10(18-6)14-4-5(2)9(16)13-11(14)17/h4,6-8,10,15H,3H2,1-2H3,(H,13,16,17)/t6-,7+,8-,10-/m1/s1. The Morgan fingerprint density at radius 2 is 2.22 bits per heavy atom. The second kappa shape index (κ2) is 4.66. The van der Waals surface area contributed by atoms with Crippen LogP contribution in [-0.2, 0) is 4.74 Å². The highest BCUT2D eigenvalue weighted by molar-refractivity contribution is 5.03. The van der Waals surface area contributed by atoms with Gasteiger partial charge in [0.2, 0.25) is 0 Å². The normalized spacial score (nSPS) is 31.8. The molecule has 100 valence electrons. The molecule has 6 nitrogen and oxygen atoms in total. The van der Waals surface area contributed by atoms with Gasteiger partial charge >= 0.3 is 5.69 Å². The second-order valence-electron chi connectivity index (χ2n) is 4.39. The van der Waals surface area contributed by atoms with Crippen LogP contribution in [0.2, 0.25) is 0 Å². The predicted molar refractivity (Wildman–Crippen MR) is 61.2 cm³/mol. The summed E-state index contributed by atoms with van der Waals surface area (Å²) in [5.74, 6) is 0. The zero-order chi connectivity index (χ0) is 13.4. The lowest BCUT2D eigenvalue weighted by Crippen LogP contribution is -2.36. The van der Waals surface area contributed by atoms with Crippen LogP contribution in [0.5, 0.6) is 0 Å². The van der Waals surface area contributed by atoms with Gasteiger partial charge in [0.1, 0.15) is 6.10 Å². The van der Waals surface area contributed by atoms with Crippen LogP contribution in [0.25, 0.3) is 0 Å². The largest absolute Gasteiger partial charge is 0.387 e. The van der Waals surface area contributed by atoms with Gasteiger partial charge in [0.25, 0.3) is 5.56 Å². The van der Waals surface area contributed by atoms with Crippen molar-refractivity contribution < 1.29 is 14.2 Å². The third-order valence-corrected chi connectivity index (χ3v) is 3.12. The molecule has 4 atom stereocenters. The summed E-state index contributed by atoms with van der Waals surface area (Å²) in [5, 5.41) is 9.62. The fourth-order valence-electron chi connectivity index (χ4n) is 2.04. The first-order chi connectivity index (χ1) is 8.45. The van der Waals surface area contributed by atoms with Crippen LogP contribution in [0.3, 0.4) is 0 Å². The molecule has 0 aromatic carbocycles. The van der Waals surface area contributed by atoms with Crippen molar-refractivity contribution in [3.05, 3.63) is 32.6 Å². The molecule has 0 unspecified atom stereocenters. The number of aromatic amines is 1. The first kappa shape index (κ1) is 13.0.